The van der Waals surface area contributed by atoms with Crippen molar-refractivity contribution in [2.24, 2.45) is 0 Å². The van der Waals surface area contributed by atoms with Gasteiger partial charge in [-0.05, 0) is 49.6 Å². The number of benzene rings is 1. The summed E-state index contributed by atoms with van der Waals surface area (Å²) in [5, 5.41) is 0. The van der Waals surface area contributed by atoms with E-state index >= 15 is 0 Å². The second-order valence-corrected chi connectivity index (χ2v) is 7.59. The van der Waals surface area contributed by atoms with Crippen molar-refractivity contribution in [1.82, 2.24) is 9.97 Å². The summed E-state index contributed by atoms with van der Waals surface area (Å²) < 4.78 is 12.1. The molecule has 2 aromatic heterocycles. The van der Waals surface area contributed by atoms with E-state index in [0.717, 1.165) is 42.2 Å². The Morgan fingerprint density at radius 3 is 2.71 bits per heavy atom. The van der Waals surface area contributed by atoms with Crippen molar-refractivity contribution in [2.45, 2.75) is 25.2 Å². The predicted octanol–water partition coefficient (Wildman–Crippen LogP) is 4.35. The van der Waals surface area contributed by atoms with Crippen LogP contribution in [0.5, 0.6) is 17.4 Å². The van der Waals surface area contributed by atoms with Crippen LogP contribution in [0.1, 0.15) is 24.0 Å². The molecule has 1 fully saturated rings. The Kier molecular flexibility index (Phi) is 3.69. The summed E-state index contributed by atoms with van der Waals surface area (Å²) >= 11 is 0. The highest BCUT2D eigenvalue weighted by molar-refractivity contribution is 5.70. The lowest BCUT2D eigenvalue weighted by Crippen LogP contribution is -2.13. The van der Waals surface area contributed by atoms with Gasteiger partial charge in [-0.1, -0.05) is 6.07 Å². The molecule has 1 spiro atoms. The summed E-state index contributed by atoms with van der Waals surface area (Å²) in [6.45, 7) is 2.84. The van der Waals surface area contributed by atoms with Gasteiger partial charge in [0.2, 0.25) is 5.88 Å². The van der Waals surface area contributed by atoms with Gasteiger partial charge >= 0.3 is 0 Å². The van der Waals surface area contributed by atoms with E-state index in [-0.39, 0.29) is 5.41 Å². The van der Waals surface area contributed by atoms with Crippen LogP contribution in [0.3, 0.4) is 0 Å². The first-order valence-corrected chi connectivity index (χ1v) is 9.42. The highest BCUT2D eigenvalue weighted by Crippen LogP contribution is 2.59. The Hall–Kier alpha value is -3.28. The monoisotopic (exact) mass is 374 g/mol. The number of anilines is 3. The Bertz CT molecular complexity index is 1040. The van der Waals surface area contributed by atoms with Crippen LogP contribution in [-0.2, 0) is 5.41 Å². The van der Waals surface area contributed by atoms with Crippen molar-refractivity contribution in [3.05, 3.63) is 59.9 Å². The lowest BCUT2D eigenvalue weighted by atomic mass is 9.95. The third-order valence-electron chi connectivity index (χ3n) is 5.65. The maximum Gasteiger partial charge on any atom is 0.219 e. The average Bonchev–Trinajstić information content (AvgIpc) is 3.38. The van der Waals surface area contributed by atoms with Crippen LogP contribution in [0.2, 0.25) is 0 Å². The number of nitrogen functional groups attached to an aromatic ring is 1. The Labute approximate surface area is 163 Å². The van der Waals surface area contributed by atoms with Gasteiger partial charge in [0.1, 0.15) is 11.5 Å². The van der Waals surface area contributed by atoms with Gasteiger partial charge in [0, 0.05) is 30.3 Å². The zero-order valence-electron chi connectivity index (χ0n) is 16.0. The fraction of sp³-hybridized carbons (Fsp3) is 0.273. The number of hydrogen-bond donors (Lipinski definition) is 1. The lowest BCUT2D eigenvalue weighted by Gasteiger charge is -2.19. The molecule has 0 unspecified atom stereocenters. The largest absolute Gasteiger partial charge is 0.492 e. The topological polar surface area (TPSA) is 73.5 Å². The van der Waals surface area contributed by atoms with Crippen molar-refractivity contribution in [2.75, 3.05) is 24.3 Å². The standard InChI is InChI=1S/C22H22N4O2/c1-14-5-7-17(19-20(14)27-13-22(19)9-10-22)28-18-8-6-15(12-25-18)26(2)21-16(23)4-3-11-24-21/h3-8,11-12H,9-10,13,23H2,1-2H3. The number of aromatic nitrogens is 2. The number of ether oxygens (including phenoxy) is 2. The van der Waals surface area contributed by atoms with E-state index in [4.69, 9.17) is 15.2 Å². The first-order chi connectivity index (χ1) is 13.6. The number of fused-ring (bicyclic) bond motifs is 2. The molecule has 3 heterocycles. The lowest BCUT2D eigenvalue weighted by molar-refractivity contribution is 0.322. The molecule has 3 aromatic rings. The van der Waals surface area contributed by atoms with Gasteiger partial charge < -0.3 is 20.1 Å². The van der Waals surface area contributed by atoms with E-state index in [2.05, 4.69) is 16.9 Å². The molecule has 6 heteroatoms. The second kappa shape index (κ2) is 6.12. The summed E-state index contributed by atoms with van der Waals surface area (Å²) in [6.07, 6.45) is 5.80. The quantitative estimate of drug-likeness (QED) is 0.732. The van der Waals surface area contributed by atoms with Crippen molar-refractivity contribution < 1.29 is 9.47 Å². The van der Waals surface area contributed by atoms with E-state index in [9.17, 15) is 0 Å². The summed E-state index contributed by atoms with van der Waals surface area (Å²) in [4.78, 5) is 10.7. The third-order valence-corrected chi connectivity index (χ3v) is 5.65. The molecule has 1 aliphatic carbocycles. The zero-order chi connectivity index (χ0) is 19.3. The molecule has 0 atom stereocenters. The highest BCUT2D eigenvalue weighted by Gasteiger charge is 2.53. The van der Waals surface area contributed by atoms with Crippen LogP contribution >= 0.6 is 0 Å². The van der Waals surface area contributed by atoms with Crippen LogP contribution in [0.25, 0.3) is 0 Å². The number of aryl methyl sites for hydroxylation is 1. The third kappa shape index (κ3) is 2.64. The first-order valence-electron chi connectivity index (χ1n) is 9.42. The fourth-order valence-corrected chi connectivity index (χ4v) is 3.83. The molecule has 1 saturated carbocycles. The average molecular weight is 374 g/mol. The molecular weight excluding hydrogens is 352 g/mol. The maximum atomic E-state index is 6.17. The van der Waals surface area contributed by atoms with Crippen LogP contribution in [0.15, 0.2) is 48.8 Å². The summed E-state index contributed by atoms with van der Waals surface area (Å²) in [7, 11) is 1.91. The number of rotatable bonds is 4. The van der Waals surface area contributed by atoms with Gasteiger partial charge in [0.25, 0.3) is 0 Å². The van der Waals surface area contributed by atoms with Gasteiger partial charge in [-0.2, -0.15) is 0 Å². The second-order valence-electron chi connectivity index (χ2n) is 7.59. The molecule has 0 radical (unpaired) electrons. The molecular formula is C22H22N4O2. The minimum Gasteiger partial charge on any atom is -0.492 e. The smallest absolute Gasteiger partial charge is 0.219 e. The molecule has 0 bridgehead atoms. The van der Waals surface area contributed by atoms with Gasteiger partial charge in [-0.15, -0.1) is 0 Å². The normalized spacial score (nSPS) is 15.8. The van der Waals surface area contributed by atoms with Crippen LogP contribution in [0, 0.1) is 6.92 Å². The molecule has 142 valence electrons. The highest BCUT2D eigenvalue weighted by atomic mass is 16.5. The summed E-state index contributed by atoms with van der Waals surface area (Å²) in [6, 6.07) is 11.5. The Balaban J connectivity index is 1.41. The fourth-order valence-electron chi connectivity index (χ4n) is 3.83. The maximum absolute atomic E-state index is 6.17. The molecule has 2 aliphatic rings. The minimum absolute atomic E-state index is 0.146. The van der Waals surface area contributed by atoms with Gasteiger partial charge in [0.05, 0.1) is 24.2 Å². The van der Waals surface area contributed by atoms with E-state index in [1.807, 2.05) is 48.3 Å². The number of nitrogens with two attached hydrogens (primary N) is 1. The van der Waals surface area contributed by atoms with Crippen molar-refractivity contribution in [1.29, 1.82) is 0 Å². The number of nitrogens with zero attached hydrogens (tertiary/aromatic N) is 3. The summed E-state index contributed by atoms with van der Waals surface area (Å²) in [5.41, 5.74) is 10.0. The van der Waals surface area contributed by atoms with Crippen LogP contribution < -0.4 is 20.1 Å². The van der Waals surface area contributed by atoms with E-state index in [1.165, 1.54) is 5.56 Å². The molecule has 6 nitrogen and oxygen atoms in total. The molecule has 0 amide bonds. The van der Waals surface area contributed by atoms with Gasteiger partial charge in [0.15, 0.2) is 5.82 Å². The molecule has 1 aromatic carbocycles. The molecule has 1 aliphatic heterocycles. The van der Waals surface area contributed by atoms with E-state index in [1.54, 1.807) is 12.4 Å². The first kappa shape index (κ1) is 16.9. The Morgan fingerprint density at radius 1 is 1.14 bits per heavy atom. The van der Waals surface area contributed by atoms with Crippen molar-refractivity contribution >= 4 is 17.2 Å². The zero-order valence-corrected chi connectivity index (χ0v) is 16.0. The molecule has 5 rings (SSSR count). The molecule has 28 heavy (non-hydrogen) atoms. The van der Waals surface area contributed by atoms with Crippen molar-refractivity contribution in [3.8, 4) is 17.4 Å². The van der Waals surface area contributed by atoms with E-state index < -0.39 is 0 Å². The van der Waals surface area contributed by atoms with Crippen LogP contribution in [-0.4, -0.2) is 23.6 Å². The van der Waals surface area contributed by atoms with E-state index in [0.29, 0.717) is 17.4 Å². The van der Waals surface area contributed by atoms with Gasteiger partial charge in [-0.3, -0.25) is 0 Å². The van der Waals surface area contributed by atoms with Crippen LogP contribution in [0.4, 0.5) is 17.2 Å². The molecule has 2 N–H and O–H groups in total. The number of hydrogen-bond acceptors (Lipinski definition) is 6. The number of pyridine rings is 2. The SMILES string of the molecule is Cc1ccc(Oc2ccc(N(C)c3ncccc3N)cn2)c2c1OCC21CC1. The van der Waals surface area contributed by atoms with Crippen molar-refractivity contribution in [3.63, 3.8) is 0 Å². The van der Waals surface area contributed by atoms with Gasteiger partial charge in [-0.25, -0.2) is 9.97 Å². The molecule has 0 saturated heterocycles. The Morgan fingerprint density at radius 2 is 2.00 bits per heavy atom. The predicted molar refractivity (Wildman–Crippen MR) is 109 cm³/mol. The summed E-state index contributed by atoms with van der Waals surface area (Å²) in [5.74, 6) is 3.08. The minimum atomic E-state index is 0.146.